The molecular formula is C82H188. The zero-order chi connectivity index (χ0) is 67.8. The molecule has 0 heteroatoms. The van der Waals surface area contributed by atoms with Crippen LogP contribution in [0.5, 0.6) is 0 Å². The Bertz CT molecular complexity index is 875. The smallest absolute Gasteiger partial charge is 0.0359 e. The maximum absolute atomic E-state index is 2.31. The van der Waals surface area contributed by atoms with E-state index in [0.717, 1.165) is 59.2 Å². The molecule has 3 unspecified atom stereocenters. The van der Waals surface area contributed by atoms with Crippen molar-refractivity contribution in [1.29, 1.82) is 0 Å². The van der Waals surface area contributed by atoms with Gasteiger partial charge in [0.1, 0.15) is 0 Å². The van der Waals surface area contributed by atoms with Gasteiger partial charge in [-0.1, -0.05) is 450 Å². The van der Waals surface area contributed by atoms with Crippen molar-refractivity contribution in [3.8, 4) is 0 Å². The second-order valence-corrected chi connectivity index (χ2v) is 30.5. The van der Waals surface area contributed by atoms with E-state index in [0.29, 0.717) is 16.2 Å². The highest BCUT2D eigenvalue weighted by Gasteiger charge is 2.10. The van der Waals surface area contributed by atoms with Gasteiger partial charge in [0.05, 0.1) is 0 Å². The summed E-state index contributed by atoms with van der Waals surface area (Å²) < 4.78 is 0. The second-order valence-electron chi connectivity index (χ2n) is 30.5. The van der Waals surface area contributed by atoms with E-state index in [1.54, 1.807) is 0 Å². The highest BCUT2D eigenvalue weighted by Crippen LogP contribution is 2.23. The topological polar surface area (TPSA) is 0 Å². The van der Waals surface area contributed by atoms with Gasteiger partial charge in [-0.15, -0.1) is 0 Å². The predicted octanol–water partition coefficient (Wildman–Crippen LogP) is 33.1. The number of unbranched alkanes of at least 4 members (excludes halogenated alkanes) is 6. The Morgan fingerprint density at radius 2 is 0.549 bits per heavy atom. The number of rotatable bonds is 28. The van der Waals surface area contributed by atoms with Crippen LogP contribution in [0.1, 0.15) is 463 Å². The lowest BCUT2D eigenvalue weighted by Crippen LogP contribution is -2.05. The second kappa shape index (κ2) is 87.4. The van der Waals surface area contributed by atoms with Gasteiger partial charge in [-0.2, -0.15) is 0 Å². The molecule has 0 aliphatic heterocycles. The van der Waals surface area contributed by atoms with Gasteiger partial charge in [0, 0.05) is 0 Å². The van der Waals surface area contributed by atoms with Crippen LogP contribution in [-0.2, 0) is 0 Å². The minimum Gasteiger partial charge on any atom is -0.0654 e. The van der Waals surface area contributed by atoms with Crippen molar-refractivity contribution in [1.82, 2.24) is 0 Å². The Kier molecular flexibility index (Phi) is 117. The Balaban J connectivity index is -0.0000000652. The first-order valence-electron chi connectivity index (χ1n) is 37.8. The minimum absolute atomic E-state index is 0.542. The van der Waals surface area contributed by atoms with E-state index in [1.165, 1.54) is 186 Å². The molecule has 0 spiro atoms. The summed E-state index contributed by atoms with van der Waals surface area (Å²) in [5, 5.41) is 0. The van der Waals surface area contributed by atoms with Crippen LogP contribution in [0.4, 0.5) is 0 Å². The molecule has 0 N–H and O–H groups in total. The van der Waals surface area contributed by atoms with Gasteiger partial charge >= 0.3 is 0 Å². The molecule has 0 heterocycles. The standard InChI is InChI=1S/10C7H16.2C6H14/c1-6(2)5-7(3)4;1-5-6-7(2,3)4;1-5-7(3,4)6-2;1-5-7(4)6(2)3;2*1-4-5-6-7(2)3;2*1-4-6-7(3)5-2;1-4-7(5-2)6-3;1-3-5-7-6-4-2;1-5-6(2,3)4;1-4-6(3)5-2/h6-7H,5H2,1-4H3;2*5-6H2,1-4H3;6-7H,5H2,1-4H3;5*7H,4-6H2,1-3H3;3-7H2,1-2H3;5H2,1-4H3;6H,4-5H2,1-3H3. The quantitative estimate of drug-likeness (QED) is 0.0685. The van der Waals surface area contributed by atoms with Crippen molar-refractivity contribution in [3.05, 3.63) is 0 Å². The predicted molar refractivity (Wildman–Crippen MR) is 403 cm³/mol. The van der Waals surface area contributed by atoms with E-state index in [4.69, 9.17) is 0 Å². The molecule has 0 nitrogen and oxygen atoms in total. The van der Waals surface area contributed by atoms with Gasteiger partial charge in [0.2, 0.25) is 0 Å². The lowest BCUT2D eigenvalue weighted by atomic mass is 9.88. The SMILES string of the molecule is CC(C)CC(C)C.CCC(C)(C)C.CCC(C)(C)CC.CCC(C)C(C)C.CCC(C)CC.CCC(CC)CC.CCCC(C)(C)C.CCCC(C)CC.CCCC(C)CC.CCCCC(C)C.CCCCC(C)C.CCCCCCC. The van der Waals surface area contributed by atoms with E-state index in [-0.39, 0.29) is 0 Å². The van der Waals surface area contributed by atoms with Crippen molar-refractivity contribution in [3.63, 3.8) is 0 Å². The summed E-state index contributed by atoms with van der Waals surface area (Å²) in [6.45, 7) is 90.4. The van der Waals surface area contributed by atoms with E-state index >= 15 is 0 Å². The van der Waals surface area contributed by atoms with Crippen LogP contribution < -0.4 is 0 Å². The summed E-state index contributed by atoms with van der Waals surface area (Å²) in [4.78, 5) is 0. The van der Waals surface area contributed by atoms with Crippen LogP contribution in [0.3, 0.4) is 0 Å². The molecule has 0 aliphatic carbocycles. The number of hydrogen-bond acceptors (Lipinski definition) is 0. The maximum Gasteiger partial charge on any atom is -0.0359 e. The molecule has 0 bridgehead atoms. The zero-order valence-electron chi connectivity index (χ0n) is 67.8. The monoisotopic (exact) mass is 1170 g/mol. The molecule has 0 radical (unpaired) electrons. The first kappa shape index (κ1) is 110. The molecule has 3 atom stereocenters. The molecule has 0 saturated carbocycles. The molecular weight excluding hydrogens is 985 g/mol. The van der Waals surface area contributed by atoms with Crippen molar-refractivity contribution >= 4 is 0 Å². The summed E-state index contributed by atoms with van der Waals surface area (Å²) >= 11 is 0. The third kappa shape index (κ3) is 165. The average molecular weight is 1170 g/mol. The van der Waals surface area contributed by atoms with Crippen LogP contribution in [0, 0.1) is 75.4 Å². The van der Waals surface area contributed by atoms with E-state index < -0.39 is 0 Å². The highest BCUT2D eigenvalue weighted by molar-refractivity contribution is 4.62. The van der Waals surface area contributed by atoms with Gasteiger partial charge < -0.3 is 0 Å². The lowest BCUT2D eigenvalue weighted by Gasteiger charge is -2.18. The largest absolute Gasteiger partial charge is 0.0654 e. The van der Waals surface area contributed by atoms with Crippen molar-refractivity contribution in [2.24, 2.45) is 75.4 Å². The van der Waals surface area contributed by atoms with Crippen LogP contribution in [-0.4, -0.2) is 0 Å². The molecule has 0 aromatic rings. The molecule has 0 aromatic carbocycles. The van der Waals surface area contributed by atoms with Gasteiger partial charge in [-0.3, -0.25) is 0 Å². The number of hydrogen-bond donors (Lipinski definition) is 0. The van der Waals surface area contributed by atoms with Crippen molar-refractivity contribution in [2.45, 2.75) is 463 Å². The Hall–Kier alpha value is 0. The van der Waals surface area contributed by atoms with Crippen molar-refractivity contribution in [2.75, 3.05) is 0 Å². The molecule has 0 amide bonds. The van der Waals surface area contributed by atoms with Crippen LogP contribution >= 0.6 is 0 Å². The summed E-state index contributed by atoms with van der Waals surface area (Å²) in [7, 11) is 0. The Morgan fingerprint density at radius 1 is 0.256 bits per heavy atom. The van der Waals surface area contributed by atoms with Crippen LogP contribution in [0.25, 0.3) is 0 Å². The van der Waals surface area contributed by atoms with E-state index in [9.17, 15) is 0 Å². The van der Waals surface area contributed by atoms with Crippen LogP contribution in [0.15, 0.2) is 0 Å². The minimum atomic E-state index is 0.542. The molecule has 0 fully saturated rings. The van der Waals surface area contributed by atoms with Gasteiger partial charge in [0.15, 0.2) is 0 Å². The lowest BCUT2D eigenvalue weighted by molar-refractivity contribution is 0.338. The fourth-order valence-electron chi connectivity index (χ4n) is 6.86. The average Bonchev–Trinajstić information content (AvgIpc) is 3.40. The molecule has 0 aliphatic rings. The summed E-state index contributed by atoms with van der Waals surface area (Å²) in [6.07, 6.45) is 39.4. The molecule has 82 heavy (non-hydrogen) atoms. The maximum atomic E-state index is 2.31. The molecule has 0 saturated heterocycles. The highest BCUT2D eigenvalue weighted by atomic mass is 14.2. The van der Waals surface area contributed by atoms with Gasteiger partial charge in [-0.25, -0.2) is 0 Å². The first-order chi connectivity index (χ1) is 37.8. The normalized spacial score (nSPS) is 11.7. The first-order valence-corrected chi connectivity index (χ1v) is 37.8. The summed E-state index contributed by atoms with van der Waals surface area (Å²) in [5.41, 5.74) is 1.68. The summed E-state index contributed by atoms with van der Waals surface area (Å²) in [5.74, 6) is 9.14. The van der Waals surface area contributed by atoms with Crippen LogP contribution in [0.2, 0.25) is 0 Å². The van der Waals surface area contributed by atoms with E-state index in [1.807, 2.05) is 0 Å². The van der Waals surface area contributed by atoms with Gasteiger partial charge in [0.25, 0.3) is 0 Å². The van der Waals surface area contributed by atoms with Crippen molar-refractivity contribution < 1.29 is 0 Å². The molecule has 0 aromatic heterocycles. The van der Waals surface area contributed by atoms with E-state index in [2.05, 4.69) is 277 Å². The third-order valence-corrected chi connectivity index (χ3v) is 16.3. The Labute approximate surface area is 535 Å². The Morgan fingerprint density at radius 3 is 0.598 bits per heavy atom. The molecule has 516 valence electrons. The summed E-state index contributed by atoms with van der Waals surface area (Å²) in [6, 6.07) is 0. The third-order valence-electron chi connectivity index (χ3n) is 16.3. The zero-order valence-corrected chi connectivity index (χ0v) is 67.8. The fourth-order valence-corrected chi connectivity index (χ4v) is 6.86. The van der Waals surface area contributed by atoms with Gasteiger partial charge in [-0.05, 0) is 88.3 Å². The fraction of sp³-hybridized carbons (Fsp3) is 1.00. The molecule has 0 rings (SSSR count).